The fraction of sp³-hybridized carbons (Fsp3) is 0.584. The molecule has 4 aliphatic rings. The average Bonchev–Trinajstić information content (AvgIpc) is 2.53. The number of nitrogens with two attached hydrogens (primary N) is 1. The van der Waals surface area contributed by atoms with E-state index in [4.69, 9.17) is 29.8 Å². The molecule has 0 atom stereocenters. The number of carbonyl (C=O) groups excluding carboxylic acids is 2. The van der Waals surface area contributed by atoms with Gasteiger partial charge in [0.25, 0.3) is 0 Å². The van der Waals surface area contributed by atoms with Crippen molar-refractivity contribution in [3.05, 3.63) is 152 Å². The first-order valence-corrected chi connectivity index (χ1v) is 38.1. The Morgan fingerprint density at radius 2 is 0.811 bits per heavy atom. The average molecular weight is 1550 g/mol. The van der Waals surface area contributed by atoms with E-state index < -0.39 is 0 Å². The molecular formula is C77H124Br3ClN5NaO8. The third kappa shape index (κ3) is 56.2. The zero-order valence-corrected chi connectivity index (χ0v) is 66.1. The number of phenolic OH excluding ortho intramolecular Hbond substituents is 1. The molecule has 9 rings (SSSR count). The summed E-state index contributed by atoms with van der Waals surface area (Å²) in [5.74, 6) is 4.24. The van der Waals surface area contributed by atoms with Gasteiger partial charge in [-0.1, -0.05) is 251 Å². The van der Waals surface area contributed by atoms with E-state index in [1.807, 2.05) is 132 Å². The van der Waals surface area contributed by atoms with Crippen molar-refractivity contribution < 1.29 is 68.7 Å². The topological polar surface area (TPSA) is 169 Å². The van der Waals surface area contributed by atoms with Gasteiger partial charge in [-0.2, -0.15) is 0 Å². The van der Waals surface area contributed by atoms with Gasteiger partial charge < -0.3 is 50.4 Å². The van der Waals surface area contributed by atoms with E-state index in [0.717, 1.165) is 103 Å². The Morgan fingerprint density at radius 1 is 0.484 bits per heavy atom. The van der Waals surface area contributed by atoms with E-state index >= 15 is 0 Å². The van der Waals surface area contributed by atoms with Gasteiger partial charge in [0.15, 0.2) is 0 Å². The number of hydrogen-bond donors (Lipinski definition) is 3. The fourth-order valence-corrected chi connectivity index (χ4v) is 10.9. The second-order valence-electron chi connectivity index (χ2n) is 22.8. The first kappa shape index (κ1) is 96.0. The van der Waals surface area contributed by atoms with Gasteiger partial charge in [0.2, 0.25) is 11.1 Å². The van der Waals surface area contributed by atoms with Crippen molar-refractivity contribution in [2.24, 2.45) is 5.73 Å². The molecule has 0 spiro atoms. The second-order valence-corrected chi connectivity index (χ2v) is 25.7. The largest absolute Gasteiger partial charge is 1.00 e. The Morgan fingerprint density at radius 3 is 1.11 bits per heavy atom. The minimum Gasteiger partial charge on any atom is -0.870 e. The summed E-state index contributed by atoms with van der Waals surface area (Å²) in [5, 5.41) is 14.8. The number of phenols is 1. The molecule has 0 aromatic heterocycles. The van der Waals surface area contributed by atoms with Gasteiger partial charge in [-0.05, 0) is 150 Å². The number of rotatable bonds is 23. The van der Waals surface area contributed by atoms with Crippen LogP contribution >= 0.6 is 59.4 Å². The molecule has 0 bridgehead atoms. The third-order valence-electron chi connectivity index (χ3n) is 15.7. The number of ether oxygens (including phenoxy) is 4. The van der Waals surface area contributed by atoms with Crippen LogP contribution < -0.4 is 59.6 Å². The maximum absolute atomic E-state index is 11.8. The molecule has 4 fully saturated rings. The number of hydrogen-bond acceptors (Lipinski definition) is 12. The number of alkyl halides is 3. The van der Waals surface area contributed by atoms with Crippen LogP contribution in [0.5, 0.6) is 28.7 Å². The van der Waals surface area contributed by atoms with Gasteiger partial charge in [0.05, 0.1) is 13.2 Å². The molecule has 4 saturated carbocycles. The van der Waals surface area contributed by atoms with E-state index in [0.29, 0.717) is 31.0 Å². The summed E-state index contributed by atoms with van der Waals surface area (Å²) in [6.07, 6.45) is 26.6. The van der Waals surface area contributed by atoms with Crippen molar-refractivity contribution in [1.82, 2.24) is 20.0 Å². The minimum absolute atomic E-state index is 0. The van der Waals surface area contributed by atoms with Crippen LogP contribution in [0.4, 0.5) is 0 Å². The number of halogens is 4. The number of nitrogens with zero attached hydrogens (tertiary/aromatic N) is 3. The van der Waals surface area contributed by atoms with Gasteiger partial charge in [0.1, 0.15) is 48.6 Å². The molecule has 5 aromatic rings. The Bertz CT molecular complexity index is 2350. The first-order valence-electron chi connectivity index (χ1n) is 34.4. The van der Waals surface area contributed by atoms with Crippen LogP contribution in [0.15, 0.2) is 152 Å². The van der Waals surface area contributed by atoms with Crippen LogP contribution in [-0.4, -0.2) is 149 Å². The molecule has 13 nitrogen and oxygen atoms in total. The van der Waals surface area contributed by atoms with Crippen LogP contribution in [-0.2, 0) is 9.59 Å². The van der Waals surface area contributed by atoms with Crippen molar-refractivity contribution in [3.63, 3.8) is 0 Å². The SMILES string of the molecule is BrCCBr.BrCCOc1ccccc1.C.CC(=O)Cl.CC(=O)N(CCOc1ccccc1)C1CCCCC1.CCN(CC)CC.CCN(CCOc1ccccc1)C1CCCCC1.NC1CCCCC1.Oc1ccccc1.[Na+].[OH-].c1ccc(OCCNC2CCCCC2)cc1. The quantitative estimate of drug-likeness (QED) is 0.0245. The normalized spacial score (nSPS) is 14.2. The van der Waals surface area contributed by atoms with E-state index in [9.17, 15) is 9.59 Å². The molecule has 1 amide bonds. The molecule has 18 heteroatoms. The number of amides is 1. The van der Waals surface area contributed by atoms with Crippen molar-refractivity contribution in [2.45, 2.75) is 202 Å². The third-order valence-corrected chi connectivity index (χ3v) is 17.9. The zero-order valence-electron chi connectivity index (χ0n) is 58.6. The van der Waals surface area contributed by atoms with Crippen LogP contribution in [0.25, 0.3) is 0 Å². The molecule has 95 heavy (non-hydrogen) atoms. The number of likely N-dealkylation sites (N-methyl/N-ethyl adjacent to an activating group) is 1. The predicted molar refractivity (Wildman–Crippen MR) is 410 cm³/mol. The predicted octanol–water partition coefficient (Wildman–Crippen LogP) is 16.4. The molecular weight excluding hydrogens is 1420 g/mol. The van der Waals surface area contributed by atoms with E-state index in [2.05, 4.69) is 102 Å². The summed E-state index contributed by atoms with van der Waals surface area (Å²) >= 11 is 14.3. The van der Waals surface area contributed by atoms with Gasteiger partial charge in [-0.3, -0.25) is 14.5 Å². The smallest absolute Gasteiger partial charge is 0.870 e. The number of carbonyl (C=O) groups is 2. The Balaban J connectivity index is -0.00000105. The van der Waals surface area contributed by atoms with Crippen LogP contribution in [0, 0.1) is 0 Å². The second kappa shape index (κ2) is 69.3. The summed E-state index contributed by atoms with van der Waals surface area (Å²) in [6, 6.07) is 50.9. The molecule has 4 aliphatic carbocycles. The molecule has 0 radical (unpaired) electrons. The van der Waals surface area contributed by atoms with Crippen LogP contribution in [0.3, 0.4) is 0 Å². The zero-order chi connectivity index (χ0) is 67.3. The van der Waals surface area contributed by atoms with E-state index in [-0.39, 0.29) is 53.6 Å². The standard InChI is InChI=1S/C16H23NO2.C16H25NO.C14H21NO.C8H9BrO.C6H13N.C6H15N.C6H6O.C2H4Br2.C2H3ClO.CH4.Na.H2O/c1-14(18)17(15-8-4-2-5-9-15)12-13-19-16-10-6-3-7-11-16;1-2-17(15-9-5-3-6-10-15)13-14-18-16-11-7-4-8-12-16;1-3-7-13(8-4-1)15-11-12-16-14-9-5-2-6-10-14;9-6-7-10-8-4-2-1-3-5-8;7-6-4-2-1-3-5-6;1-4-7(5-2)6-3;7-6-4-2-1-3-5-6;3-1-2-4;1-2(3)4;;;/h3,6-7,10-11,15H,2,4-5,8-9,12-13H2,1H3;4,7-8,11-12,15H,2-3,5-6,9-10,13-14H2,1H3;2,5-6,9-10,13,15H,1,3-4,7-8,11-12H2;1-5H,6-7H2;6H,1-5,7H2;4-6H2,1-3H3;1-5,7H;1-2H2;1H3;1H4;;1H2/q;;;;;;;;;;+1;/p-1. The Hall–Kier alpha value is -3.23. The molecule has 0 unspecified atom stereocenters. The van der Waals surface area contributed by atoms with Crippen LogP contribution in [0.2, 0.25) is 0 Å². The molecule has 0 saturated heterocycles. The summed E-state index contributed by atoms with van der Waals surface area (Å²) < 4.78 is 22.4. The van der Waals surface area contributed by atoms with Gasteiger partial charge in [-0.25, -0.2) is 0 Å². The monoisotopic (exact) mass is 1540 g/mol. The van der Waals surface area contributed by atoms with Crippen molar-refractivity contribution >= 4 is 70.5 Å². The number of nitrogens with one attached hydrogen (secondary N) is 1. The summed E-state index contributed by atoms with van der Waals surface area (Å²) in [5.41, 5.74) is 5.63. The van der Waals surface area contributed by atoms with Crippen LogP contribution in [0.1, 0.15) is 177 Å². The maximum Gasteiger partial charge on any atom is 1.00 e. The van der Waals surface area contributed by atoms with E-state index in [1.54, 1.807) is 31.2 Å². The number of para-hydroxylation sites is 5. The van der Waals surface area contributed by atoms with E-state index in [1.165, 1.54) is 142 Å². The maximum atomic E-state index is 11.8. The number of aromatic hydroxyl groups is 1. The summed E-state index contributed by atoms with van der Waals surface area (Å²) in [7, 11) is 0. The van der Waals surface area contributed by atoms with Crippen molar-refractivity contribution in [1.29, 1.82) is 0 Å². The molecule has 0 aliphatic heterocycles. The molecule has 5 N–H and O–H groups in total. The fourth-order valence-electron chi connectivity index (χ4n) is 10.8. The number of benzene rings is 5. The van der Waals surface area contributed by atoms with Gasteiger partial charge in [-0.15, -0.1) is 0 Å². The Labute approximate surface area is 629 Å². The summed E-state index contributed by atoms with van der Waals surface area (Å²) in [6.45, 7) is 22.0. The summed E-state index contributed by atoms with van der Waals surface area (Å²) in [4.78, 5) is 27.9. The van der Waals surface area contributed by atoms with Crippen molar-refractivity contribution in [3.8, 4) is 28.7 Å². The molecule has 534 valence electrons. The van der Waals surface area contributed by atoms with Crippen molar-refractivity contribution in [2.75, 3.05) is 88.2 Å². The van der Waals surface area contributed by atoms with Gasteiger partial charge >= 0.3 is 29.6 Å². The Kier molecular flexibility index (Phi) is 70.0. The first-order chi connectivity index (χ1) is 44.8. The van der Waals surface area contributed by atoms with Gasteiger partial charge in [0, 0.05) is 67.1 Å². The molecule has 0 heterocycles. The minimum atomic E-state index is -0.361. The molecule has 5 aromatic carbocycles.